The van der Waals surface area contributed by atoms with Gasteiger partial charge in [-0.2, -0.15) is 0 Å². The molecule has 5 aromatic rings. The van der Waals surface area contributed by atoms with Crippen LogP contribution in [0.3, 0.4) is 0 Å². The molecule has 0 radical (unpaired) electrons. The molecule has 1 aliphatic heterocycles. The van der Waals surface area contributed by atoms with Crippen molar-refractivity contribution in [2.75, 3.05) is 13.3 Å². The Labute approximate surface area is 238 Å². The van der Waals surface area contributed by atoms with E-state index in [1.165, 1.54) is 4.90 Å². The second kappa shape index (κ2) is 11.5. The van der Waals surface area contributed by atoms with Crippen LogP contribution < -0.4 is 9.47 Å². The van der Waals surface area contributed by atoms with Crippen LogP contribution in [0.5, 0.6) is 23.0 Å². The third-order valence-electron chi connectivity index (χ3n) is 6.37. The van der Waals surface area contributed by atoms with Crippen LogP contribution in [0.25, 0.3) is 22.4 Å². The normalized spacial score (nSPS) is 12.2. The minimum Gasteiger partial charge on any atom is -0.457 e. The van der Waals surface area contributed by atoms with Crippen molar-refractivity contribution in [2.24, 2.45) is 0 Å². The Balaban J connectivity index is 1.23. The average molecular weight is 542 g/mol. The van der Waals surface area contributed by atoms with Gasteiger partial charge in [0.05, 0.1) is 11.8 Å². The Morgan fingerprint density at radius 3 is 2.00 bits per heavy atom. The van der Waals surface area contributed by atoms with Crippen LogP contribution in [0, 0.1) is 0 Å². The van der Waals surface area contributed by atoms with Crippen molar-refractivity contribution in [3.8, 4) is 45.4 Å². The summed E-state index contributed by atoms with van der Waals surface area (Å²) in [7, 11) is 1.95. The predicted octanol–water partition coefficient (Wildman–Crippen LogP) is 8.67. The monoisotopic (exact) mass is 541 g/mol. The lowest BCUT2D eigenvalue weighted by Gasteiger charge is -2.10. The Bertz CT molecular complexity index is 1810. The third-order valence-corrected chi connectivity index (χ3v) is 7.10. The fourth-order valence-corrected chi connectivity index (χ4v) is 4.86. The number of hydrogen-bond donors (Lipinski definition) is 0. The number of benzene rings is 4. The van der Waals surface area contributed by atoms with E-state index in [0.717, 1.165) is 51.1 Å². The Hall–Kier alpha value is -4.90. The van der Waals surface area contributed by atoms with E-state index in [1.807, 2.05) is 120 Å². The van der Waals surface area contributed by atoms with E-state index in [0.29, 0.717) is 0 Å². The number of nitrogens with zero attached hydrogens (tertiary/aromatic N) is 3. The summed E-state index contributed by atoms with van der Waals surface area (Å²) < 4.78 is 16.2. The lowest BCUT2D eigenvalue weighted by molar-refractivity contribution is -0.429. The quantitative estimate of drug-likeness (QED) is 0.145. The summed E-state index contributed by atoms with van der Waals surface area (Å²) in [6.45, 7) is 0. The molecule has 0 unspecified atom stereocenters. The molecule has 0 N–H and O–H groups in total. The maximum atomic E-state index is 6.23. The Morgan fingerprint density at radius 2 is 1.27 bits per heavy atom. The standard InChI is InChI=1S/C34H27N3O2S/c1-36-17-18-37(24-36)28-9-5-12-31(22-28)38-30-11-4-8-27(20-30)34-21-26(15-16-35-34)25-7-3-10-29(19-25)39-32-13-6-14-33(23-32)40-2/h3-23H,1-2H3/q+2. The number of rotatable bonds is 8. The zero-order chi connectivity index (χ0) is 27.3. The first-order valence-electron chi connectivity index (χ1n) is 12.9. The fraction of sp³-hybridized carbons (Fsp3) is 0.0588. The summed E-state index contributed by atoms with van der Waals surface area (Å²) in [6.07, 6.45) is 7.81. The summed E-state index contributed by atoms with van der Waals surface area (Å²) in [5.41, 5.74) is 4.93. The van der Waals surface area contributed by atoms with Gasteiger partial charge in [-0.05, 0) is 78.0 Å². The summed E-state index contributed by atoms with van der Waals surface area (Å²) in [4.78, 5) is 5.82. The Kier molecular flexibility index (Phi) is 7.27. The molecule has 4 aromatic carbocycles. The first-order valence-corrected chi connectivity index (χ1v) is 14.1. The average Bonchev–Trinajstić information content (AvgIpc) is 3.44. The van der Waals surface area contributed by atoms with E-state index >= 15 is 0 Å². The molecule has 2 heterocycles. The van der Waals surface area contributed by atoms with E-state index in [4.69, 9.17) is 9.47 Å². The van der Waals surface area contributed by atoms with Gasteiger partial charge >= 0.3 is 6.01 Å². The van der Waals surface area contributed by atoms with Gasteiger partial charge in [0, 0.05) is 22.7 Å². The third kappa shape index (κ3) is 5.89. The minimum atomic E-state index is 0.742. The lowest BCUT2D eigenvalue weighted by atomic mass is 10.0. The molecule has 0 saturated carbocycles. The molecule has 0 atom stereocenters. The first-order chi connectivity index (χ1) is 19.6. The molecule has 0 bridgehead atoms. The number of ether oxygens (including phenoxy) is 2. The second-order valence-electron chi connectivity index (χ2n) is 9.24. The summed E-state index contributed by atoms with van der Waals surface area (Å²) in [6, 6.07) is 39.5. The van der Waals surface area contributed by atoms with Gasteiger partial charge in [0.15, 0.2) is 7.05 Å². The number of thioether (sulfide) groups is 1. The van der Waals surface area contributed by atoms with E-state index < -0.39 is 0 Å². The van der Waals surface area contributed by atoms with Crippen LogP contribution in [0.1, 0.15) is 0 Å². The number of aromatic nitrogens is 1. The maximum Gasteiger partial charge on any atom is 0.495 e. The predicted molar refractivity (Wildman–Crippen MR) is 160 cm³/mol. The van der Waals surface area contributed by atoms with E-state index in [2.05, 4.69) is 41.5 Å². The SMILES string of the molecule is CSc1cccc(Oc2cccc(-c3ccnc(-c4cccc(Oc5cccc([N+]6=C=[N+](C)C=C6)c5)c4)c3)c2)c1. The molecule has 1 aromatic heterocycles. The van der Waals surface area contributed by atoms with E-state index in [-0.39, 0.29) is 0 Å². The van der Waals surface area contributed by atoms with Crippen molar-refractivity contribution in [1.82, 2.24) is 4.98 Å². The van der Waals surface area contributed by atoms with Crippen LogP contribution >= 0.6 is 11.8 Å². The van der Waals surface area contributed by atoms with Crippen LogP contribution in [0.15, 0.2) is 133 Å². The van der Waals surface area contributed by atoms with Gasteiger partial charge in [-0.15, -0.1) is 11.8 Å². The van der Waals surface area contributed by atoms with Gasteiger partial charge < -0.3 is 9.47 Å². The molecule has 194 valence electrons. The van der Waals surface area contributed by atoms with Gasteiger partial charge in [-0.3, -0.25) is 4.98 Å². The van der Waals surface area contributed by atoms with Crippen molar-refractivity contribution in [1.29, 1.82) is 0 Å². The lowest BCUT2D eigenvalue weighted by Crippen LogP contribution is -1.94. The van der Waals surface area contributed by atoms with Crippen LogP contribution in [-0.2, 0) is 0 Å². The zero-order valence-corrected chi connectivity index (χ0v) is 23.0. The molecule has 0 aliphatic carbocycles. The topological polar surface area (TPSA) is 37.4 Å². The van der Waals surface area contributed by atoms with Crippen LogP contribution in [0.4, 0.5) is 5.69 Å². The highest BCUT2D eigenvalue weighted by molar-refractivity contribution is 7.98. The smallest absolute Gasteiger partial charge is 0.457 e. The fourth-order valence-electron chi connectivity index (χ4n) is 4.41. The number of hydrogen-bond acceptors (Lipinski definition) is 4. The van der Waals surface area contributed by atoms with E-state index in [9.17, 15) is 0 Å². The molecular weight excluding hydrogens is 514 g/mol. The number of pyridine rings is 1. The van der Waals surface area contributed by atoms with E-state index in [1.54, 1.807) is 11.8 Å². The van der Waals surface area contributed by atoms with Gasteiger partial charge in [0.25, 0.3) is 6.20 Å². The molecule has 0 fully saturated rings. The molecule has 1 aliphatic rings. The van der Waals surface area contributed by atoms with Crippen LogP contribution in [0.2, 0.25) is 0 Å². The highest BCUT2D eigenvalue weighted by Crippen LogP contribution is 2.32. The van der Waals surface area contributed by atoms with Gasteiger partial charge in [-0.25, -0.2) is 0 Å². The Morgan fingerprint density at radius 1 is 0.650 bits per heavy atom. The highest BCUT2D eigenvalue weighted by atomic mass is 32.2. The molecule has 0 amide bonds. The summed E-state index contributed by atoms with van der Waals surface area (Å²) in [5, 5.41) is 0. The largest absolute Gasteiger partial charge is 0.495 e. The first kappa shape index (κ1) is 25.4. The molecule has 0 saturated heterocycles. The molecule has 6 heteroatoms. The highest BCUT2D eigenvalue weighted by Gasteiger charge is 2.17. The van der Waals surface area contributed by atoms with Crippen molar-refractivity contribution in [3.05, 3.63) is 128 Å². The maximum absolute atomic E-state index is 6.23. The molecule has 0 spiro atoms. The summed E-state index contributed by atoms with van der Waals surface area (Å²) >= 11 is 1.70. The van der Waals surface area contributed by atoms with Crippen molar-refractivity contribution >= 4 is 23.5 Å². The molecule has 40 heavy (non-hydrogen) atoms. The van der Waals surface area contributed by atoms with Gasteiger partial charge in [0.1, 0.15) is 23.0 Å². The summed E-state index contributed by atoms with van der Waals surface area (Å²) in [5.74, 6) is 3.10. The molecular formula is C34H27N3O2S+2. The molecule has 5 nitrogen and oxygen atoms in total. The van der Waals surface area contributed by atoms with Gasteiger partial charge in [-0.1, -0.05) is 45.5 Å². The van der Waals surface area contributed by atoms with Crippen molar-refractivity contribution in [3.63, 3.8) is 0 Å². The second-order valence-corrected chi connectivity index (χ2v) is 10.1. The minimum absolute atomic E-state index is 0.742. The molecule has 6 rings (SSSR count). The van der Waals surface area contributed by atoms with Crippen LogP contribution in [-0.4, -0.2) is 33.4 Å². The van der Waals surface area contributed by atoms with Crippen molar-refractivity contribution in [2.45, 2.75) is 4.90 Å². The van der Waals surface area contributed by atoms with Gasteiger partial charge in [0.2, 0.25) is 11.9 Å². The zero-order valence-electron chi connectivity index (χ0n) is 22.2. The van der Waals surface area contributed by atoms with Crippen molar-refractivity contribution < 1.29 is 18.6 Å².